The second-order valence-electron chi connectivity index (χ2n) is 5.64. The van der Waals surface area contributed by atoms with Gasteiger partial charge < -0.3 is 20.6 Å². The highest BCUT2D eigenvalue weighted by molar-refractivity contribution is 5.90. The molecule has 118 valence electrons. The number of carbonyl (C=O) groups is 3. The Labute approximate surface area is 123 Å². The SMILES string of the molecule is CC(CN1CCCC1)NC(=O)N1CC(=O)NCC1C(=O)O. The zero-order valence-corrected chi connectivity index (χ0v) is 12.2. The number of rotatable bonds is 4. The maximum Gasteiger partial charge on any atom is 0.328 e. The minimum absolute atomic E-state index is 0.0535. The molecule has 0 aromatic carbocycles. The second-order valence-corrected chi connectivity index (χ2v) is 5.64. The van der Waals surface area contributed by atoms with Crippen LogP contribution in [0.4, 0.5) is 4.79 Å². The Balaban J connectivity index is 1.89. The monoisotopic (exact) mass is 298 g/mol. The molecule has 2 rings (SSSR count). The number of carboxylic acid groups (broad SMARTS) is 1. The topological polar surface area (TPSA) is 102 Å². The second kappa shape index (κ2) is 6.75. The minimum Gasteiger partial charge on any atom is -0.480 e. The number of hydrogen-bond donors (Lipinski definition) is 3. The van der Waals surface area contributed by atoms with Gasteiger partial charge in [-0.2, -0.15) is 0 Å². The fraction of sp³-hybridized carbons (Fsp3) is 0.769. The van der Waals surface area contributed by atoms with Crippen LogP contribution in [-0.4, -0.2) is 77.6 Å². The Morgan fingerprint density at radius 2 is 2.10 bits per heavy atom. The molecule has 0 aromatic rings. The van der Waals surface area contributed by atoms with Crippen molar-refractivity contribution < 1.29 is 19.5 Å². The molecule has 2 fully saturated rings. The Morgan fingerprint density at radius 1 is 1.43 bits per heavy atom. The fourth-order valence-corrected chi connectivity index (χ4v) is 2.77. The van der Waals surface area contributed by atoms with E-state index in [1.807, 2.05) is 6.92 Å². The van der Waals surface area contributed by atoms with E-state index in [0.717, 1.165) is 24.5 Å². The molecule has 3 N–H and O–H groups in total. The van der Waals surface area contributed by atoms with Crippen LogP contribution in [0.1, 0.15) is 19.8 Å². The van der Waals surface area contributed by atoms with Crippen molar-refractivity contribution in [3.8, 4) is 0 Å². The highest BCUT2D eigenvalue weighted by Crippen LogP contribution is 2.09. The molecule has 0 aromatic heterocycles. The molecule has 2 aliphatic rings. The molecule has 0 radical (unpaired) electrons. The van der Waals surface area contributed by atoms with Gasteiger partial charge in [0.05, 0.1) is 0 Å². The van der Waals surface area contributed by atoms with Gasteiger partial charge in [0.2, 0.25) is 5.91 Å². The molecule has 0 bridgehead atoms. The van der Waals surface area contributed by atoms with Crippen LogP contribution in [-0.2, 0) is 9.59 Å². The third kappa shape index (κ3) is 4.07. The zero-order valence-electron chi connectivity index (χ0n) is 12.2. The van der Waals surface area contributed by atoms with E-state index < -0.39 is 18.0 Å². The molecule has 0 spiro atoms. The summed E-state index contributed by atoms with van der Waals surface area (Å²) >= 11 is 0. The first-order valence-electron chi connectivity index (χ1n) is 7.26. The Bertz CT molecular complexity index is 422. The Hall–Kier alpha value is -1.83. The maximum absolute atomic E-state index is 12.2. The largest absolute Gasteiger partial charge is 0.480 e. The molecule has 2 unspecified atom stereocenters. The summed E-state index contributed by atoms with van der Waals surface area (Å²) in [6, 6.07) is -1.60. The van der Waals surface area contributed by atoms with Gasteiger partial charge in [0.1, 0.15) is 12.6 Å². The predicted molar refractivity (Wildman–Crippen MR) is 74.8 cm³/mol. The van der Waals surface area contributed by atoms with Gasteiger partial charge >= 0.3 is 12.0 Å². The molecule has 8 nitrogen and oxygen atoms in total. The van der Waals surface area contributed by atoms with Crippen LogP contribution in [0.3, 0.4) is 0 Å². The lowest BCUT2D eigenvalue weighted by atomic mass is 10.2. The maximum atomic E-state index is 12.2. The van der Waals surface area contributed by atoms with Gasteiger partial charge in [-0.25, -0.2) is 9.59 Å². The molecule has 2 aliphatic heterocycles. The first kappa shape index (κ1) is 15.6. The van der Waals surface area contributed by atoms with Crippen molar-refractivity contribution in [2.24, 2.45) is 0 Å². The number of carbonyl (C=O) groups excluding carboxylic acids is 2. The standard InChI is InChI=1S/C13H22N4O4/c1-9(7-16-4-2-3-5-16)15-13(21)17-8-11(18)14-6-10(17)12(19)20/h9-10H,2-8H2,1H3,(H,14,18)(H,15,21)(H,19,20). The van der Waals surface area contributed by atoms with E-state index in [4.69, 9.17) is 5.11 Å². The lowest BCUT2D eigenvalue weighted by molar-refractivity contribution is -0.144. The number of piperazine rings is 1. The minimum atomic E-state index is -1.11. The Morgan fingerprint density at radius 3 is 2.71 bits per heavy atom. The number of carboxylic acids is 1. The third-order valence-electron chi connectivity index (χ3n) is 3.83. The smallest absolute Gasteiger partial charge is 0.328 e. The lowest BCUT2D eigenvalue weighted by Crippen LogP contribution is -2.62. The fourth-order valence-electron chi connectivity index (χ4n) is 2.77. The summed E-state index contributed by atoms with van der Waals surface area (Å²) in [5.74, 6) is -1.45. The van der Waals surface area contributed by atoms with Crippen LogP contribution < -0.4 is 10.6 Å². The predicted octanol–water partition coefficient (Wildman–Crippen LogP) is -0.935. The van der Waals surface area contributed by atoms with E-state index in [1.165, 1.54) is 12.8 Å². The van der Waals surface area contributed by atoms with Crippen molar-refractivity contribution in [2.45, 2.75) is 31.8 Å². The molecule has 0 saturated carbocycles. The number of likely N-dealkylation sites (tertiary alicyclic amines) is 1. The number of urea groups is 1. The molecular formula is C13H22N4O4. The van der Waals surface area contributed by atoms with E-state index in [0.29, 0.717) is 0 Å². The van der Waals surface area contributed by atoms with E-state index >= 15 is 0 Å². The summed E-state index contributed by atoms with van der Waals surface area (Å²) in [5, 5.41) is 14.4. The summed E-state index contributed by atoms with van der Waals surface area (Å²) < 4.78 is 0. The van der Waals surface area contributed by atoms with Crippen LogP contribution in [0.2, 0.25) is 0 Å². The van der Waals surface area contributed by atoms with Gasteiger partial charge in [0.15, 0.2) is 0 Å². The average molecular weight is 298 g/mol. The summed E-state index contributed by atoms with van der Waals surface area (Å²) in [7, 11) is 0. The third-order valence-corrected chi connectivity index (χ3v) is 3.83. The zero-order chi connectivity index (χ0) is 15.4. The number of aliphatic carboxylic acids is 1. The van der Waals surface area contributed by atoms with Gasteiger partial charge in [0.25, 0.3) is 0 Å². The average Bonchev–Trinajstić information content (AvgIpc) is 2.90. The molecule has 3 amide bonds. The van der Waals surface area contributed by atoms with Crippen molar-refractivity contribution >= 4 is 17.9 Å². The quantitative estimate of drug-likeness (QED) is 0.622. The lowest BCUT2D eigenvalue weighted by Gasteiger charge is -2.34. The van der Waals surface area contributed by atoms with E-state index in [1.54, 1.807) is 0 Å². The molecule has 21 heavy (non-hydrogen) atoms. The normalized spacial score (nSPS) is 24.5. The van der Waals surface area contributed by atoms with E-state index in [9.17, 15) is 14.4 Å². The summed E-state index contributed by atoms with van der Waals surface area (Å²) in [5.41, 5.74) is 0. The molecule has 2 atom stereocenters. The summed E-state index contributed by atoms with van der Waals surface area (Å²) in [4.78, 5) is 38.1. The van der Waals surface area contributed by atoms with Crippen molar-refractivity contribution in [1.29, 1.82) is 0 Å². The van der Waals surface area contributed by atoms with Crippen LogP contribution >= 0.6 is 0 Å². The van der Waals surface area contributed by atoms with Crippen molar-refractivity contribution in [1.82, 2.24) is 20.4 Å². The number of nitrogens with one attached hydrogen (secondary N) is 2. The number of hydrogen-bond acceptors (Lipinski definition) is 4. The van der Waals surface area contributed by atoms with Crippen molar-refractivity contribution in [2.75, 3.05) is 32.7 Å². The molecule has 2 heterocycles. The highest BCUT2D eigenvalue weighted by Gasteiger charge is 2.35. The van der Waals surface area contributed by atoms with Gasteiger partial charge in [-0.3, -0.25) is 9.69 Å². The van der Waals surface area contributed by atoms with Gasteiger partial charge in [-0.15, -0.1) is 0 Å². The molecular weight excluding hydrogens is 276 g/mol. The van der Waals surface area contributed by atoms with Gasteiger partial charge in [-0.1, -0.05) is 0 Å². The van der Waals surface area contributed by atoms with Gasteiger partial charge in [0, 0.05) is 19.1 Å². The van der Waals surface area contributed by atoms with Crippen LogP contribution in [0, 0.1) is 0 Å². The number of nitrogens with zero attached hydrogens (tertiary/aromatic N) is 2. The first-order chi connectivity index (χ1) is 9.97. The van der Waals surface area contributed by atoms with Crippen molar-refractivity contribution in [3.05, 3.63) is 0 Å². The number of amides is 3. The van der Waals surface area contributed by atoms with Crippen LogP contribution in [0.25, 0.3) is 0 Å². The van der Waals surface area contributed by atoms with E-state index in [2.05, 4.69) is 15.5 Å². The summed E-state index contributed by atoms with van der Waals surface area (Å²) in [6.07, 6.45) is 2.35. The molecule has 2 saturated heterocycles. The molecule has 8 heteroatoms. The van der Waals surface area contributed by atoms with Crippen molar-refractivity contribution in [3.63, 3.8) is 0 Å². The highest BCUT2D eigenvalue weighted by atomic mass is 16.4. The van der Waals surface area contributed by atoms with Gasteiger partial charge in [-0.05, 0) is 32.9 Å². The van der Waals surface area contributed by atoms with Crippen LogP contribution in [0.5, 0.6) is 0 Å². The Kier molecular flexibility index (Phi) is 5.00. The molecule has 0 aliphatic carbocycles. The van der Waals surface area contributed by atoms with E-state index in [-0.39, 0.29) is 25.0 Å². The van der Waals surface area contributed by atoms with Crippen LogP contribution in [0.15, 0.2) is 0 Å². The first-order valence-corrected chi connectivity index (χ1v) is 7.26. The summed E-state index contributed by atoms with van der Waals surface area (Å²) in [6.45, 7) is 4.41.